The van der Waals surface area contributed by atoms with Gasteiger partial charge in [-0.05, 0) is 67.9 Å². The van der Waals surface area contributed by atoms with Crippen LogP contribution in [0.1, 0.15) is 50.5 Å². The maximum atomic E-state index is 12.8. The number of nitrogens with one attached hydrogen (secondary N) is 2. The lowest BCUT2D eigenvalue weighted by Crippen LogP contribution is -2.32. The zero-order chi connectivity index (χ0) is 24.7. The van der Waals surface area contributed by atoms with E-state index in [9.17, 15) is 14.4 Å². The van der Waals surface area contributed by atoms with Crippen molar-refractivity contribution in [3.05, 3.63) is 95.1 Å². The monoisotopic (exact) mass is 459 g/mol. The van der Waals surface area contributed by atoms with Crippen molar-refractivity contribution in [2.45, 2.75) is 26.4 Å². The van der Waals surface area contributed by atoms with Gasteiger partial charge in [0.2, 0.25) is 0 Å². The van der Waals surface area contributed by atoms with Crippen molar-refractivity contribution in [2.24, 2.45) is 0 Å². The minimum Gasteiger partial charge on any atom is -0.497 e. The van der Waals surface area contributed by atoms with E-state index >= 15 is 0 Å². The van der Waals surface area contributed by atoms with Crippen molar-refractivity contribution in [3.8, 4) is 5.75 Å². The van der Waals surface area contributed by atoms with Gasteiger partial charge in [-0.15, -0.1) is 0 Å². The van der Waals surface area contributed by atoms with Gasteiger partial charge in [-0.1, -0.05) is 24.3 Å². The first kappa shape index (κ1) is 24.5. The quantitative estimate of drug-likeness (QED) is 0.524. The van der Waals surface area contributed by atoms with Crippen molar-refractivity contribution >= 4 is 23.4 Å². The minimum atomic E-state index is -0.325. The van der Waals surface area contributed by atoms with Gasteiger partial charge in [-0.25, -0.2) is 0 Å². The Balaban J connectivity index is 1.64. The molecule has 3 rings (SSSR count). The Kier molecular flexibility index (Phi) is 8.03. The lowest BCUT2D eigenvalue weighted by molar-refractivity contribution is 0.0754. The lowest BCUT2D eigenvalue weighted by Gasteiger charge is -2.21. The summed E-state index contributed by atoms with van der Waals surface area (Å²) in [5.41, 5.74) is 2.68. The molecule has 0 bridgehead atoms. The van der Waals surface area contributed by atoms with Crippen LogP contribution in [0.4, 0.5) is 5.69 Å². The fourth-order valence-corrected chi connectivity index (χ4v) is 3.21. The van der Waals surface area contributed by atoms with Gasteiger partial charge in [0.1, 0.15) is 5.75 Å². The Labute approximate surface area is 199 Å². The van der Waals surface area contributed by atoms with E-state index in [2.05, 4.69) is 10.6 Å². The summed E-state index contributed by atoms with van der Waals surface area (Å²) in [6, 6.07) is 20.8. The first-order valence-electron chi connectivity index (χ1n) is 11.0. The molecule has 0 aromatic heterocycles. The van der Waals surface area contributed by atoms with Crippen LogP contribution in [-0.2, 0) is 6.54 Å². The Hall–Kier alpha value is -4.13. The first-order valence-corrected chi connectivity index (χ1v) is 11.0. The molecular formula is C27H29N3O4. The summed E-state index contributed by atoms with van der Waals surface area (Å²) in [5.74, 6) is -0.0346. The molecule has 7 nitrogen and oxygen atoms in total. The number of para-hydroxylation sites is 1. The van der Waals surface area contributed by atoms with Gasteiger partial charge in [0.05, 0.1) is 18.4 Å². The number of anilines is 1. The Morgan fingerprint density at radius 3 is 2.09 bits per heavy atom. The SMILES string of the molecule is COc1ccc(C(=O)Nc2ccccc2C(=O)NCc2ccc(C(=O)N(C)C(C)C)cc2)cc1. The normalized spacial score (nSPS) is 10.5. The molecule has 0 aliphatic carbocycles. The van der Waals surface area contributed by atoms with Gasteiger partial charge >= 0.3 is 0 Å². The van der Waals surface area contributed by atoms with Crippen LogP contribution in [0, 0.1) is 0 Å². The Bertz CT molecular complexity index is 1160. The van der Waals surface area contributed by atoms with Gasteiger partial charge in [0.15, 0.2) is 0 Å². The second-order valence-electron chi connectivity index (χ2n) is 8.12. The van der Waals surface area contributed by atoms with E-state index < -0.39 is 0 Å². The fourth-order valence-electron chi connectivity index (χ4n) is 3.21. The number of methoxy groups -OCH3 is 1. The second kappa shape index (κ2) is 11.1. The molecule has 34 heavy (non-hydrogen) atoms. The molecule has 0 heterocycles. The van der Waals surface area contributed by atoms with Gasteiger partial charge in [-0.2, -0.15) is 0 Å². The van der Waals surface area contributed by atoms with Gasteiger partial charge in [-0.3, -0.25) is 14.4 Å². The molecule has 3 aromatic carbocycles. The van der Waals surface area contributed by atoms with Crippen LogP contribution in [0.2, 0.25) is 0 Å². The second-order valence-corrected chi connectivity index (χ2v) is 8.12. The molecule has 0 fully saturated rings. The number of amides is 3. The predicted molar refractivity (Wildman–Crippen MR) is 132 cm³/mol. The summed E-state index contributed by atoms with van der Waals surface area (Å²) in [4.78, 5) is 39.6. The van der Waals surface area contributed by atoms with E-state index in [4.69, 9.17) is 4.74 Å². The Morgan fingerprint density at radius 1 is 0.853 bits per heavy atom. The number of hydrogen-bond donors (Lipinski definition) is 2. The molecule has 0 unspecified atom stereocenters. The summed E-state index contributed by atoms with van der Waals surface area (Å²) in [6.45, 7) is 4.20. The highest BCUT2D eigenvalue weighted by Gasteiger charge is 2.16. The number of carbonyl (C=O) groups is 3. The molecule has 0 aliphatic rings. The number of ether oxygens (including phenoxy) is 1. The molecule has 0 saturated heterocycles. The number of hydrogen-bond acceptors (Lipinski definition) is 4. The van der Waals surface area contributed by atoms with Crippen LogP contribution >= 0.6 is 0 Å². The van der Waals surface area contributed by atoms with Crippen molar-refractivity contribution in [1.82, 2.24) is 10.2 Å². The van der Waals surface area contributed by atoms with Crippen molar-refractivity contribution in [1.29, 1.82) is 0 Å². The molecule has 0 atom stereocenters. The van der Waals surface area contributed by atoms with Crippen LogP contribution < -0.4 is 15.4 Å². The summed E-state index contributed by atoms with van der Waals surface area (Å²) in [6.07, 6.45) is 0. The summed E-state index contributed by atoms with van der Waals surface area (Å²) < 4.78 is 5.12. The smallest absolute Gasteiger partial charge is 0.255 e. The van der Waals surface area contributed by atoms with E-state index in [-0.39, 0.29) is 30.3 Å². The maximum absolute atomic E-state index is 12.8. The standard InChI is InChI=1S/C27H29N3O4/c1-18(2)30(3)27(33)21-11-9-19(10-12-21)17-28-26(32)23-7-5-6-8-24(23)29-25(31)20-13-15-22(34-4)16-14-20/h5-16,18H,17H2,1-4H3,(H,28,32)(H,29,31). The molecule has 2 N–H and O–H groups in total. The van der Waals surface area contributed by atoms with Crippen LogP contribution in [-0.4, -0.2) is 42.8 Å². The molecule has 3 aromatic rings. The molecular weight excluding hydrogens is 430 g/mol. The van der Waals surface area contributed by atoms with E-state index in [0.29, 0.717) is 28.1 Å². The van der Waals surface area contributed by atoms with Crippen LogP contribution in [0.25, 0.3) is 0 Å². The van der Waals surface area contributed by atoms with Gasteiger partial charge in [0, 0.05) is 30.8 Å². The van der Waals surface area contributed by atoms with Crippen LogP contribution in [0.3, 0.4) is 0 Å². The first-order chi connectivity index (χ1) is 16.3. The highest BCUT2D eigenvalue weighted by atomic mass is 16.5. The molecule has 0 saturated carbocycles. The third-order valence-corrected chi connectivity index (χ3v) is 5.52. The Morgan fingerprint density at radius 2 is 1.47 bits per heavy atom. The zero-order valence-corrected chi connectivity index (χ0v) is 19.8. The number of nitrogens with zero attached hydrogens (tertiary/aromatic N) is 1. The topological polar surface area (TPSA) is 87.7 Å². The number of rotatable bonds is 8. The average molecular weight is 460 g/mol. The molecule has 0 radical (unpaired) electrons. The number of carbonyl (C=O) groups excluding carboxylic acids is 3. The van der Waals surface area contributed by atoms with Crippen LogP contribution in [0.15, 0.2) is 72.8 Å². The molecule has 176 valence electrons. The third-order valence-electron chi connectivity index (χ3n) is 5.52. The largest absolute Gasteiger partial charge is 0.497 e. The third kappa shape index (κ3) is 6.01. The lowest BCUT2D eigenvalue weighted by atomic mass is 10.1. The molecule has 0 aliphatic heterocycles. The highest BCUT2D eigenvalue weighted by molar-refractivity contribution is 6.09. The van der Waals surface area contributed by atoms with Crippen molar-refractivity contribution < 1.29 is 19.1 Å². The molecule has 0 spiro atoms. The minimum absolute atomic E-state index is 0.0490. The van der Waals surface area contributed by atoms with Gasteiger partial charge in [0.25, 0.3) is 17.7 Å². The fraction of sp³-hybridized carbons (Fsp3) is 0.222. The van der Waals surface area contributed by atoms with Crippen LogP contribution in [0.5, 0.6) is 5.75 Å². The summed E-state index contributed by atoms with van der Waals surface area (Å²) in [5, 5.41) is 5.67. The van der Waals surface area contributed by atoms with E-state index in [1.807, 2.05) is 26.0 Å². The van der Waals surface area contributed by atoms with E-state index in [0.717, 1.165) is 5.56 Å². The van der Waals surface area contributed by atoms with Crippen molar-refractivity contribution in [2.75, 3.05) is 19.5 Å². The average Bonchev–Trinajstić information content (AvgIpc) is 2.87. The zero-order valence-electron chi connectivity index (χ0n) is 19.8. The summed E-state index contributed by atoms with van der Waals surface area (Å²) in [7, 11) is 3.33. The van der Waals surface area contributed by atoms with E-state index in [1.165, 1.54) is 0 Å². The highest BCUT2D eigenvalue weighted by Crippen LogP contribution is 2.18. The predicted octanol–water partition coefficient (Wildman–Crippen LogP) is 4.36. The number of benzene rings is 3. The van der Waals surface area contributed by atoms with E-state index in [1.54, 1.807) is 79.7 Å². The van der Waals surface area contributed by atoms with Crippen molar-refractivity contribution in [3.63, 3.8) is 0 Å². The maximum Gasteiger partial charge on any atom is 0.255 e. The van der Waals surface area contributed by atoms with Gasteiger partial charge < -0.3 is 20.3 Å². The molecule has 3 amide bonds. The summed E-state index contributed by atoms with van der Waals surface area (Å²) >= 11 is 0. The molecule has 7 heteroatoms.